The molecule has 1 aromatic carbocycles. The van der Waals surface area contributed by atoms with Crippen molar-refractivity contribution in [2.75, 3.05) is 7.11 Å². The summed E-state index contributed by atoms with van der Waals surface area (Å²) in [6.45, 7) is 0. The smallest absolute Gasteiger partial charge is 0.335 e. The SMILES string of the molecule is COC1C=C(c2nc3ccc(C(=O)O)cc3o2)C=CC1. The van der Waals surface area contributed by atoms with Crippen molar-refractivity contribution in [1.82, 2.24) is 4.98 Å². The first-order chi connectivity index (χ1) is 9.67. The van der Waals surface area contributed by atoms with Crippen molar-refractivity contribution in [3.05, 3.63) is 47.9 Å². The molecule has 1 aliphatic rings. The van der Waals surface area contributed by atoms with Gasteiger partial charge in [0.15, 0.2) is 5.58 Å². The summed E-state index contributed by atoms with van der Waals surface area (Å²) in [5.74, 6) is -0.512. The van der Waals surface area contributed by atoms with E-state index in [0.717, 1.165) is 12.0 Å². The molecule has 0 aliphatic heterocycles. The minimum Gasteiger partial charge on any atom is -0.478 e. The van der Waals surface area contributed by atoms with E-state index < -0.39 is 5.97 Å². The summed E-state index contributed by atoms with van der Waals surface area (Å²) in [7, 11) is 1.66. The van der Waals surface area contributed by atoms with Gasteiger partial charge in [0.1, 0.15) is 5.52 Å². The summed E-state index contributed by atoms with van der Waals surface area (Å²) in [6.07, 6.45) is 6.71. The van der Waals surface area contributed by atoms with Gasteiger partial charge in [-0.15, -0.1) is 0 Å². The number of oxazole rings is 1. The highest BCUT2D eigenvalue weighted by molar-refractivity contribution is 5.92. The Labute approximate surface area is 115 Å². The van der Waals surface area contributed by atoms with Crippen LogP contribution in [0.2, 0.25) is 0 Å². The molecule has 0 fully saturated rings. The van der Waals surface area contributed by atoms with Crippen molar-refractivity contribution in [3.63, 3.8) is 0 Å². The lowest BCUT2D eigenvalue weighted by atomic mass is 10.1. The first kappa shape index (κ1) is 12.6. The number of nitrogens with zero attached hydrogens (tertiary/aromatic N) is 1. The number of carbonyl (C=O) groups is 1. The van der Waals surface area contributed by atoms with Gasteiger partial charge in [0.05, 0.1) is 11.7 Å². The molecule has 1 aliphatic carbocycles. The van der Waals surface area contributed by atoms with Gasteiger partial charge in [-0.25, -0.2) is 9.78 Å². The van der Waals surface area contributed by atoms with Gasteiger partial charge in [-0.1, -0.05) is 12.2 Å². The third kappa shape index (κ3) is 2.23. The molecule has 1 atom stereocenters. The molecule has 1 aromatic heterocycles. The molecule has 1 unspecified atom stereocenters. The summed E-state index contributed by atoms with van der Waals surface area (Å²) < 4.78 is 10.9. The minimum atomic E-state index is -0.985. The van der Waals surface area contributed by atoms with Gasteiger partial charge in [0.2, 0.25) is 5.89 Å². The van der Waals surface area contributed by atoms with Crippen LogP contribution < -0.4 is 0 Å². The molecule has 0 spiro atoms. The molecular weight excluding hydrogens is 258 g/mol. The van der Waals surface area contributed by atoms with Gasteiger partial charge in [0, 0.05) is 12.7 Å². The first-order valence-electron chi connectivity index (χ1n) is 6.23. The van der Waals surface area contributed by atoms with Crippen molar-refractivity contribution in [3.8, 4) is 0 Å². The third-order valence-corrected chi connectivity index (χ3v) is 3.22. The number of aromatic carboxylic acids is 1. The number of carboxylic acid groups (broad SMARTS) is 1. The zero-order chi connectivity index (χ0) is 14.1. The Balaban J connectivity index is 2.03. The zero-order valence-electron chi connectivity index (χ0n) is 10.9. The zero-order valence-corrected chi connectivity index (χ0v) is 10.9. The Kier molecular flexibility index (Phi) is 3.12. The predicted molar refractivity (Wildman–Crippen MR) is 73.5 cm³/mol. The maximum Gasteiger partial charge on any atom is 0.335 e. The molecule has 1 heterocycles. The van der Waals surface area contributed by atoms with Gasteiger partial charge in [-0.05, 0) is 30.7 Å². The van der Waals surface area contributed by atoms with Crippen LogP contribution >= 0.6 is 0 Å². The molecule has 5 nitrogen and oxygen atoms in total. The van der Waals surface area contributed by atoms with E-state index in [0.29, 0.717) is 17.0 Å². The van der Waals surface area contributed by atoms with Crippen LogP contribution in [0.4, 0.5) is 0 Å². The van der Waals surface area contributed by atoms with Gasteiger partial charge in [-0.2, -0.15) is 0 Å². The molecule has 0 saturated heterocycles. The number of carboxylic acids is 1. The lowest BCUT2D eigenvalue weighted by molar-refractivity contribution is 0.0697. The molecule has 0 radical (unpaired) electrons. The van der Waals surface area contributed by atoms with Gasteiger partial charge < -0.3 is 14.3 Å². The van der Waals surface area contributed by atoms with E-state index in [-0.39, 0.29) is 11.7 Å². The number of benzene rings is 1. The summed E-state index contributed by atoms with van der Waals surface area (Å²) in [5.41, 5.74) is 2.13. The van der Waals surface area contributed by atoms with Crippen molar-refractivity contribution < 1.29 is 19.1 Å². The largest absolute Gasteiger partial charge is 0.478 e. The Morgan fingerprint density at radius 1 is 1.50 bits per heavy atom. The van der Waals surface area contributed by atoms with Crippen LogP contribution in [-0.2, 0) is 4.74 Å². The molecule has 0 amide bonds. The van der Waals surface area contributed by atoms with E-state index in [2.05, 4.69) is 4.98 Å². The fourth-order valence-electron chi connectivity index (χ4n) is 2.14. The second kappa shape index (κ2) is 4.94. The number of hydrogen-bond donors (Lipinski definition) is 1. The summed E-state index contributed by atoms with van der Waals surface area (Å²) in [6, 6.07) is 4.64. The van der Waals surface area contributed by atoms with Crippen LogP contribution in [0.25, 0.3) is 16.7 Å². The normalized spacial score (nSPS) is 18.2. The number of hydrogen-bond acceptors (Lipinski definition) is 4. The van der Waals surface area contributed by atoms with Crippen molar-refractivity contribution in [1.29, 1.82) is 0 Å². The third-order valence-electron chi connectivity index (χ3n) is 3.22. The lowest BCUT2D eigenvalue weighted by Crippen LogP contribution is -2.08. The highest BCUT2D eigenvalue weighted by atomic mass is 16.5. The van der Waals surface area contributed by atoms with Gasteiger partial charge in [0.25, 0.3) is 0 Å². The lowest BCUT2D eigenvalue weighted by Gasteiger charge is -2.13. The van der Waals surface area contributed by atoms with Crippen LogP contribution in [0.1, 0.15) is 22.7 Å². The van der Waals surface area contributed by atoms with Crippen LogP contribution in [0.3, 0.4) is 0 Å². The average Bonchev–Trinajstić information content (AvgIpc) is 2.90. The van der Waals surface area contributed by atoms with E-state index in [1.54, 1.807) is 13.2 Å². The molecule has 0 saturated carbocycles. The highest BCUT2D eigenvalue weighted by Gasteiger charge is 2.15. The minimum absolute atomic E-state index is 0.0135. The molecule has 0 bridgehead atoms. The number of rotatable bonds is 3. The predicted octanol–water partition coefficient (Wildman–Crippen LogP) is 2.88. The molecule has 102 valence electrons. The number of fused-ring (bicyclic) bond motifs is 1. The summed E-state index contributed by atoms with van der Waals surface area (Å²) in [5, 5.41) is 8.97. The topological polar surface area (TPSA) is 72.6 Å². The van der Waals surface area contributed by atoms with E-state index in [9.17, 15) is 4.79 Å². The van der Waals surface area contributed by atoms with Gasteiger partial charge >= 0.3 is 5.97 Å². The van der Waals surface area contributed by atoms with Crippen LogP contribution in [-0.4, -0.2) is 29.3 Å². The molecule has 5 heteroatoms. The first-order valence-corrected chi connectivity index (χ1v) is 6.23. The van der Waals surface area contributed by atoms with Crippen LogP contribution in [0.15, 0.2) is 40.8 Å². The maximum absolute atomic E-state index is 10.9. The Bertz CT molecular complexity index is 727. The Morgan fingerprint density at radius 3 is 3.10 bits per heavy atom. The molecule has 20 heavy (non-hydrogen) atoms. The number of aromatic nitrogens is 1. The van der Waals surface area contributed by atoms with Crippen molar-refractivity contribution in [2.45, 2.75) is 12.5 Å². The standard InChI is InChI=1S/C15H13NO4/c1-19-11-4-2-3-9(7-11)14-16-12-6-5-10(15(17)18)8-13(12)20-14/h2-3,5-8,11H,4H2,1H3,(H,17,18). The van der Waals surface area contributed by atoms with E-state index in [1.165, 1.54) is 12.1 Å². The van der Waals surface area contributed by atoms with Crippen molar-refractivity contribution >= 4 is 22.6 Å². The number of allylic oxidation sites excluding steroid dienone is 2. The number of ether oxygens (including phenoxy) is 1. The summed E-state index contributed by atoms with van der Waals surface area (Å²) >= 11 is 0. The fraction of sp³-hybridized carbons (Fsp3) is 0.200. The summed E-state index contributed by atoms with van der Waals surface area (Å²) in [4.78, 5) is 15.3. The van der Waals surface area contributed by atoms with E-state index >= 15 is 0 Å². The second-order valence-corrected chi connectivity index (χ2v) is 4.54. The van der Waals surface area contributed by atoms with Crippen molar-refractivity contribution in [2.24, 2.45) is 0 Å². The second-order valence-electron chi connectivity index (χ2n) is 4.54. The number of methoxy groups -OCH3 is 1. The highest BCUT2D eigenvalue weighted by Crippen LogP contribution is 2.26. The fourth-order valence-corrected chi connectivity index (χ4v) is 2.14. The monoisotopic (exact) mass is 271 g/mol. The average molecular weight is 271 g/mol. The van der Waals surface area contributed by atoms with E-state index in [4.69, 9.17) is 14.3 Å². The van der Waals surface area contributed by atoms with Crippen LogP contribution in [0, 0.1) is 0 Å². The molecule has 1 N–H and O–H groups in total. The molecule has 2 aromatic rings. The van der Waals surface area contributed by atoms with E-state index in [1.807, 2.05) is 18.2 Å². The molecular formula is C15H13NO4. The maximum atomic E-state index is 10.9. The Hall–Kier alpha value is -2.40. The molecule has 3 rings (SSSR count). The van der Waals surface area contributed by atoms with Crippen LogP contribution in [0.5, 0.6) is 0 Å². The van der Waals surface area contributed by atoms with Gasteiger partial charge in [-0.3, -0.25) is 0 Å². The quantitative estimate of drug-likeness (QED) is 0.929. The Morgan fingerprint density at radius 2 is 2.35 bits per heavy atom.